The molecule has 210 valence electrons. The van der Waals surface area contributed by atoms with Crippen LogP contribution in [0.3, 0.4) is 0 Å². The van der Waals surface area contributed by atoms with Gasteiger partial charge >= 0.3 is 0 Å². The molecule has 0 bridgehead atoms. The number of hydrogen-bond acceptors (Lipinski definition) is 9. The maximum Gasteiger partial charge on any atom is 0.167 e. The van der Waals surface area contributed by atoms with Crippen LogP contribution in [0.2, 0.25) is 0 Å². The van der Waals surface area contributed by atoms with Gasteiger partial charge in [0.25, 0.3) is 0 Å². The Balaban J connectivity index is 1.37. The highest BCUT2D eigenvalue weighted by atomic mass is 16.6. The summed E-state index contributed by atoms with van der Waals surface area (Å²) < 4.78 is 25.9. The van der Waals surface area contributed by atoms with Crippen LogP contribution < -0.4 is 15.2 Å². The number of nitrogens with two attached hydrogens (primary N) is 1. The first-order chi connectivity index (χ1) is 20.0. The van der Waals surface area contributed by atoms with E-state index in [-0.39, 0.29) is 6.61 Å². The lowest BCUT2D eigenvalue weighted by atomic mass is 9.80. The van der Waals surface area contributed by atoms with Gasteiger partial charge in [0.05, 0.1) is 33.3 Å². The summed E-state index contributed by atoms with van der Waals surface area (Å²) in [5.74, 6) is 1.76. The van der Waals surface area contributed by atoms with Gasteiger partial charge in [-0.3, -0.25) is 4.57 Å². The van der Waals surface area contributed by atoms with Crippen molar-refractivity contribution in [2.75, 3.05) is 26.6 Å². The number of fused-ring (bicyclic) bond motifs is 1. The summed E-state index contributed by atoms with van der Waals surface area (Å²) in [6.45, 7) is 0.106. The molecule has 1 aliphatic heterocycles. The van der Waals surface area contributed by atoms with Crippen molar-refractivity contribution in [3.8, 4) is 11.5 Å². The van der Waals surface area contributed by atoms with Crippen LogP contribution in [0.4, 0.5) is 5.82 Å². The van der Waals surface area contributed by atoms with Crippen LogP contribution in [-0.4, -0.2) is 57.7 Å². The Morgan fingerprint density at radius 2 is 1.49 bits per heavy atom. The minimum atomic E-state index is -1.02. The lowest BCUT2D eigenvalue weighted by Gasteiger charge is -2.37. The number of nitrogen functional groups attached to an aromatic ring is 1. The molecule has 5 aromatic rings. The van der Waals surface area contributed by atoms with E-state index in [0.717, 1.165) is 28.2 Å². The number of aliphatic hydroxyl groups excluding tert-OH is 1. The lowest BCUT2D eigenvalue weighted by Crippen LogP contribution is -2.38. The molecule has 1 aliphatic rings. The molecule has 1 fully saturated rings. The minimum Gasteiger partial charge on any atom is -0.497 e. The molecule has 0 unspecified atom stereocenters. The lowest BCUT2D eigenvalue weighted by molar-refractivity contribution is -0.0931. The van der Waals surface area contributed by atoms with Crippen molar-refractivity contribution >= 4 is 17.0 Å². The fourth-order valence-electron chi connectivity index (χ4n) is 5.40. The standard InChI is InChI=1S/C31H31N5O5/c1-38-23-12-8-21(9-13-23)31(20-6-4-3-5-7-20,22-10-14-24(39-2)15-11-22)40-17-26-25(37)16-27(41-26)36-19-35-28-29(32)33-18-34-30(28)36/h3-15,18-19,25-27,37H,16-17H2,1-2H3,(H2,32,33,34)/t25-,26-,27-/m1/s1. The van der Waals surface area contributed by atoms with E-state index in [1.807, 2.05) is 78.9 Å². The fraction of sp³-hybridized carbons (Fsp3) is 0.258. The first-order valence-electron chi connectivity index (χ1n) is 13.3. The van der Waals surface area contributed by atoms with Gasteiger partial charge in [0.15, 0.2) is 11.5 Å². The molecule has 10 nitrogen and oxygen atoms in total. The zero-order chi connectivity index (χ0) is 28.4. The van der Waals surface area contributed by atoms with Crippen molar-refractivity contribution < 1.29 is 24.1 Å². The number of aromatic nitrogens is 4. The van der Waals surface area contributed by atoms with E-state index in [2.05, 4.69) is 15.0 Å². The number of hydrogen-bond donors (Lipinski definition) is 2. The van der Waals surface area contributed by atoms with E-state index in [1.54, 1.807) is 25.1 Å². The van der Waals surface area contributed by atoms with Crippen molar-refractivity contribution in [2.24, 2.45) is 0 Å². The average Bonchev–Trinajstić information content (AvgIpc) is 3.62. The van der Waals surface area contributed by atoms with Crippen molar-refractivity contribution in [3.63, 3.8) is 0 Å². The SMILES string of the molecule is COc1ccc(C(OC[C@H]2O[C@@H](n3cnc4c(N)ncnc43)C[C@H]2O)(c2ccccc2)c2ccc(OC)cc2)cc1. The molecule has 3 atom stereocenters. The van der Waals surface area contributed by atoms with Crippen LogP contribution in [0, 0.1) is 0 Å². The van der Waals surface area contributed by atoms with Crippen molar-refractivity contribution in [3.05, 3.63) is 108 Å². The predicted molar refractivity (Wildman–Crippen MR) is 153 cm³/mol. The molecule has 10 heteroatoms. The molecule has 3 aromatic carbocycles. The number of benzene rings is 3. The number of anilines is 1. The van der Waals surface area contributed by atoms with Gasteiger partial charge in [0, 0.05) is 6.42 Å². The van der Waals surface area contributed by atoms with E-state index < -0.39 is 24.0 Å². The average molecular weight is 554 g/mol. The second-order valence-corrected chi connectivity index (χ2v) is 9.83. The molecule has 0 aliphatic carbocycles. The van der Waals surface area contributed by atoms with Gasteiger partial charge in [0.2, 0.25) is 0 Å². The van der Waals surface area contributed by atoms with Gasteiger partial charge in [0.1, 0.15) is 41.3 Å². The second-order valence-electron chi connectivity index (χ2n) is 9.83. The van der Waals surface area contributed by atoms with Crippen molar-refractivity contribution in [1.82, 2.24) is 19.5 Å². The molecule has 6 rings (SSSR count). The van der Waals surface area contributed by atoms with Crippen LogP contribution in [0.5, 0.6) is 11.5 Å². The van der Waals surface area contributed by atoms with E-state index in [1.165, 1.54) is 6.33 Å². The molecule has 1 saturated heterocycles. The van der Waals surface area contributed by atoms with Crippen molar-refractivity contribution in [1.29, 1.82) is 0 Å². The van der Waals surface area contributed by atoms with Gasteiger partial charge in [-0.2, -0.15) is 0 Å². The van der Waals surface area contributed by atoms with E-state index >= 15 is 0 Å². The highest BCUT2D eigenvalue weighted by Gasteiger charge is 2.42. The number of rotatable bonds is 9. The third-order valence-electron chi connectivity index (χ3n) is 7.54. The summed E-state index contributed by atoms with van der Waals surface area (Å²) in [6.07, 6.45) is 1.45. The van der Waals surface area contributed by atoms with Crippen LogP contribution >= 0.6 is 0 Å². The number of aliphatic hydroxyl groups is 1. The second kappa shape index (κ2) is 11.2. The van der Waals surface area contributed by atoms with Crippen molar-refractivity contribution in [2.45, 2.75) is 30.5 Å². The smallest absolute Gasteiger partial charge is 0.167 e. The first-order valence-corrected chi connectivity index (χ1v) is 13.3. The quantitative estimate of drug-likeness (QED) is 0.260. The Morgan fingerprint density at radius 3 is 2.10 bits per heavy atom. The molecule has 3 N–H and O–H groups in total. The van der Waals surface area contributed by atoms with Gasteiger partial charge in [-0.1, -0.05) is 54.6 Å². The summed E-state index contributed by atoms with van der Waals surface area (Å²) in [5, 5.41) is 11.1. The van der Waals surface area contributed by atoms with Gasteiger partial charge < -0.3 is 29.8 Å². The summed E-state index contributed by atoms with van der Waals surface area (Å²) in [4.78, 5) is 12.7. The largest absolute Gasteiger partial charge is 0.497 e. The van der Waals surface area contributed by atoms with Crippen LogP contribution in [-0.2, 0) is 15.1 Å². The third kappa shape index (κ3) is 4.86. The normalized spacial score (nSPS) is 19.0. The maximum atomic E-state index is 11.1. The highest BCUT2D eigenvalue weighted by Crippen LogP contribution is 2.43. The first kappa shape index (κ1) is 26.7. The number of nitrogens with zero attached hydrogens (tertiary/aromatic N) is 4. The van der Waals surface area contributed by atoms with Crippen LogP contribution in [0.1, 0.15) is 29.3 Å². The molecule has 0 radical (unpaired) electrons. The Bertz CT molecular complexity index is 1560. The van der Waals surface area contributed by atoms with Crippen LogP contribution in [0.15, 0.2) is 91.5 Å². The molecule has 41 heavy (non-hydrogen) atoms. The third-order valence-corrected chi connectivity index (χ3v) is 7.54. The Hall–Kier alpha value is -4.51. The Kier molecular flexibility index (Phi) is 7.27. The Morgan fingerprint density at radius 1 is 0.878 bits per heavy atom. The predicted octanol–water partition coefficient (Wildman–Crippen LogP) is 4.08. The zero-order valence-corrected chi connectivity index (χ0v) is 22.8. The molecule has 0 amide bonds. The van der Waals surface area contributed by atoms with Crippen LogP contribution in [0.25, 0.3) is 11.2 Å². The number of methoxy groups -OCH3 is 2. The van der Waals surface area contributed by atoms with Gasteiger partial charge in [-0.15, -0.1) is 0 Å². The number of imidazole rings is 1. The molecule has 3 heterocycles. The summed E-state index contributed by atoms with van der Waals surface area (Å²) in [6, 6.07) is 25.6. The Labute approximate surface area is 237 Å². The van der Waals surface area contributed by atoms with E-state index in [9.17, 15) is 5.11 Å². The maximum absolute atomic E-state index is 11.1. The molecule has 0 spiro atoms. The molecule has 0 saturated carbocycles. The molecule has 2 aromatic heterocycles. The zero-order valence-electron chi connectivity index (χ0n) is 22.8. The summed E-state index contributed by atoms with van der Waals surface area (Å²) in [7, 11) is 3.27. The van der Waals surface area contributed by atoms with E-state index in [0.29, 0.717) is 23.4 Å². The van der Waals surface area contributed by atoms with Gasteiger partial charge in [-0.05, 0) is 41.0 Å². The minimum absolute atomic E-state index is 0.106. The summed E-state index contributed by atoms with van der Waals surface area (Å²) >= 11 is 0. The fourth-order valence-corrected chi connectivity index (χ4v) is 5.40. The number of ether oxygens (including phenoxy) is 4. The monoisotopic (exact) mass is 553 g/mol. The topological polar surface area (TPSA) is 127 Å². The summed E-state index contributed by atoms with van der Waals surface area (Å²) in [5.41, 5.74) is 8.70. The molecular weight excluding hydrogens is 522 g/mol. The van der Waals surface area contributed by atoms with E-state index in [4.69, 9.17) is 24.7 Å². The highest BCUT2D eigenvalue weighted by molar-refractivity contribution is 5.81. The molecular formula is C31H31N5O5. The van der Waals surface area contributed by atoms with Gasteiger partial charge in [-0.25, -0.2) is 15.0 Å².